The van der Waals surface area contributed by atoms with E-state index in [0.29, 0.717) is 6.42 Å². The van der Waals surface area contributed by atoms with Gasteiger partial charge in [0.05, 0.1) is 0 Å². The third kappa shape index (κ3) is 6.65. The third-order valence-electron chi connectivity index (χ3n) is 2.86. The zero-order valence-electron chi connectivity index (χ0n) is 11.2. The number of halogens is 1. The van der Waals surface area contributed by atoms with Crippen molar-refractivity contribution in [2.75, 3.05) is 6.54 Å². The van der Waals surface area contributed by atoms with Crippen molar-refractivity contribution in [2.45, 2.75) is 44.9 Å². The zero-order chi connectivity index (χ0) is 13.4. The molecule has 0 saturated carbocycles. The van der Waals surface area contributed by atoms with E-state index in [1.54, 1.807) is 0 Å². The van der Waals surface area contributed by atoms with Crippen LogP contribution in [0.5, 0.6) is 0 Å². The Hall–Kier alpha value is -1.02. The van der Waals surface area contributed by atoms with E-state index in [1.165, 1.54) is 11.1 Å². The molecule has 1 amide bonds. The summed E-state index contributed by atoms with van der Waals surface area (Å²) < 4.78 is 0. The summed E-state index contributed by atoms with van der Waals surface area (Å²) in [5, 5.41) is 3.11. The monoisotopic (exact) mass is 267 g/mol. The Balaban J connectivity index is 2.15. The fourth-order valence-electron chi connectivity index (χ4n) is 1.71. The third-order valence-corrected chi connectivity index (χ3v) is 3.08. The molecule has 0 aliphatic rings. The largest absolute Gasteiger partial charge is 0.356 e. The number of hydrogen-bond donors (Lipinski definition) is 1. The molecule has 0 radical (unpaired) electrons. The van der Waals surface area contributed by atoms with Crippen molar-refractivity contribution in [3.63, 3.8) is 0 Å². The van der Waals surface area contributed by atoms with Gasteiger partial charge in [-0.15, -0.1) is 11.6 Å². The lowest BCUT2D eigenvalue weighted by atomic mass is 10.1. The maximum atomic E-state index is 11.6. The molecule has 0 aliphatic heterocycles. The lowest BCUT2D eigenvalue weighted by molar-refractivity contribution is -0.121. The van der Waals surface area contributed by atoms with Crippen LogP contribution in [0.4, 0.5) is 0 Å². The van der Waals surface area contributed by atoms with Crippen molar-refractivity contribution in [1.82, 2.24) is 5.32 Å². The minimum absolute atomic E-state index is 0.123. The Bertz CT molecular complexity index is 359. The van der Waals surface area contributed by atoms with Gasteiger partial charge in [0.1, 0.15) is 0 Å². The van der Waals surface area contributed by atoms with Gasteiger partial charge in [0.2, 0.25) is 5.91 Å². The molecular weight excluding hydrogens is 246 g/mol. The number of benzene rings is 1. The van der Waals surface area contributed by atoms with Crippen LogP contribution < -0.4 is 5.32 Å². The van der Waals surface area contributed by atoms with Gasteiger partial charge in [-0.2, -0.15) is 0 Å². The Labute approximate surface area is 115 Å². The molecule has 1 aromatic rings. The number of aryl methyl sites for hydroxylation is 2. The molecular formula is C15H22ClNO. The molecule has 0 fully saturated rings. The first-order valence-electron chi connectivity index (χ1n) is 6.54. The summed E-state index contributed by atoms with van der Waals surface area (Å²) >= 11 is 5.83. The van der Waals surface area contributed by atoms with Gasteiger partial charge < -0.3 is 5.32 Å². The van der Waals surface area contributed by atoms with E-state index in [0.717, 1.165) is 25.8 Å². The van der Waals surface area contributed by atoms with Crippen LogP contribution >= 0.6 is 11.6 Å². The molecule has 100 valence electrons. The van der Waals surface area contributed by atoms with Crippen LogP contribution in [0.25, 0.3) is 0 Å². The van der Waals surface area contributed by atoms with Crippen molar-refractivity contribution in [3.8, 4) is 0 Å². The number of nitrogens with one attached hydrogen (secondary N) is 1. The predicted molar refractivity (Wildman–Crippen MR) is 77.1 cm³/mol. The smallest absolute Gasteiger partial charge is 0.220 e. The van der Waals surface area contributed by atoms with Crippen molar-refractivity contribution in [3.05, 3.63) is 35.4 Å². The van der Waals surface area contributed by atoms with Crippen LogP contribution in [-0.2, 0) is 11.2 Å². The summed E-state index contributed by atoms with van der Waals surface area (Å²) in [4.78, 5) is 11.6. The van der Waals surface area contributed by atoms with Crippen molar-refractivity contribution >= 4 is 17.5 Å². The molecule has 0 saturated heterocycles. The highest BCUT2D eigenvalue weighted by Crippen LogP contribution is 2.06. The molecule has 0 bridgehead atoms. The minimum atomic E-state index is 0.123. The molecule has 0 aromatic heterocycles. The standard InChI is InChI=1S/C15H22ClNO/c1-12-5-7-14(8-6-12)9-10-15(18)17-11-3-4-13(2)16/h5-8,13H,3-4,9-11H2,1-2H3,(H,17,18). The van der Waals surface area contributed by atoms with E-state index < -0.39 is 0 Å². The highest BCUT2D eigenvalue weighted by Gasteiger charge is 2.02. The van der Waals surface area contributed by atoms with Crippen LogP contribution in [0, 0.1) is 6.92 Å². The number of alkyl halides is 1. The SMILES string of the molecule is Cc1ccc(CCC(=O)NCCCC(C)Cl)cc1. The summed E-state index contributed by atoms with van der Waals surface area (Å²) in [5.74, 6) is 0.123. The summed E-state index contributed by atoms with van der Waals surface area (Å²) in [7, 11) is 0. The Morgan fingerprint density at radius 3 is 2.61 bits per heavy atom. The fraction of sp³-hybridized carbons (Fsp3) is 0.533. The average Bonchev–Trinajstić information content (AvgIpc) is 2.34. The summed E-state index contributed by atoms with van der Waals surface area (Å²) in [6, 6.07) is 8.32. The fourth-order valence-corrected chi connectivity index (χ4v) is 1.87. The molecule has 1 unspecified atom stereocenters. The molecule has 1 atom stereocenters. The van der Waals surface area contributed by atoms with Gasteiger partial charge in [-0.25, -0.2) is 0 Å². The highest BCUT2D eigenvalue weighted by atomic mass is 35.5. The number of carbonyl (C=O) groups excluding carboxylic acids is 1. The van der Waals surface area contributed by atoms with E-state index in [9.17, 15) is 4.79 Å². The lowest BCUT2D eigenvalue weighted by Crippen LogP contribution is -2.24. The Morgan fingerprint density at radius 2 is 2.00 bits per heavy atom. The van der Waals surface area contributed by atoms with E-state index in [4.69, 9.17) is 11.6 Å². The number of hydrogen-bond acceptors (Lipinski definition) is 1. The van der Waals surface area contributed by atoms with Gasteiger partial charge in [-0.05, 0) is 38.7 Å². The van der Waals surface area contributed by atoms with Crippen LogP contribution in [0.15, 0.2) is 24.3 Å². The van der Waals surface area contributed by atoms with Gasteiger partial charge in [-0.1, -0.05) is 29.8 Å². The van der Waals surface area contributed by atoms with E-state index in [-0.39, 0.29) is 11.3 Å². The van der Waals surface area contributed by atoms with Gasteiger partial charge in [0, 0.05) is 18.3 Å². The topological polar surface area (TPSA) is 29.1 Å². The van der Waals surface area contributed by atoms with Gasteiger partial charge in [-0.3, -0.25) is 4.79 Å². The van der Waals surface area contributed by atoms with Gasteiger partial charge >= 0.3 is 0 Å². The summed E-state index contributed by atoms with van der Waals surface area (Å²) in [5.41, 5.74) is 2.46. The quantitative estimate of drug-likeness (QED) is 0.595. The predicted octanol–water partition coefficient (Wildman–Crippen LogP) is 3.45. The second-order valence-electron chi connectivity index (χ2n) is 4.76. The molecule has 0 aliphatic carbocycles. The van der Waals surface area contributed by atoms with Crippen LogP contribution in [0.2, 0.25) is 0 Å². The summed E-state index contributed by atoms with van der Waals surface area (Å²) in [6.07, 6.45) is 3.25. The number of rotatable bonds is 7. The minimum Gasteiger partial charge on any atom is -0.356 e. The molecule has 1 rings (SSSR count). The molecule has 3 heteroatoms. The van der Waals surface area contributed by atoms with E-state index >= 15 is 0 Å². The first-order chi connectivity index (χ1) is 8.58. The van der Waals surface area contributed by atoms with E-state index in [2.05, 4.69) is 36.5 Å². The van der Waals surface area contributed by atoms with Crippen molar-refractivity contribution in [1.29, 1.82) is 0 Å². The van der Waals surface area contributed by atoms with Gasteiger partial charge in [0.25, 0.3) is 0 Å². The molecule has 2 nitrogen and oxygen atoms in total. The van der Waals surface area contributed by atoms with Crippen molar-refractivity contribution in [2.24, 2.45) is 0 Å². The Kier molecular flexibility index (Phi) is 6.81. The molecule has 1 N–H and O–H groups in total. The van der Waals surface area contributed by atoms with Crippen LogP contribution in [0.3, 0.4) is 0 Å². The molecule has 1 aromatic carbocycles. The van der Waals surface area contributed by atoms with Crippen LogP contribution in [0.1, 0.15) is 37.3 Å². The Morgan fingerprint density at radius 1 is 1.33 bits per heavy atom. The normalized spacial score (nSPS) is 12.2. The lowest BCUT2D eigenvalue weighted by Gasteiger charge is -2.06. The molecule has 0 spiro atoms. The number of amides is 1. The van der Waals surface area contributed by atoms with Crippen LogP contribution in [-0.4, -0.2) is 17.8 Å². The second-order valence-corrected chi connectivity index (χ2v) is 5.50. The van der Waals surface area contributed by atoms with Crippen molar-refractivity contribution < 1.29 is 4.79 Å². The molecule has 18 heavy (non-hydrogen) atoms. The maximum Gasteiger partial charge on any atom is 0.220 e. The maximum absolute atomic E-state index is 11.6. The highest BCUT2D eigenvalue weighted by molar-refractivity contribution is 6.20. The number of carbonyl (C=O) groups is 1. The average molecular weight is 268 g/mol. The molecule has 0 heterocycles. The first-order valence-corrected chi connectivity index (χ1v) is 6.98. The first kappa shape index (κ1) is 15.0. The summed E-state index contributed by atoms with van der Waals surface area (Å²) in [6.45, 7) is 4.76. The van der Waals surface area contributed by atoms with E-state index in [1.807, 2.05) is 6.92 Å². The second kappa shape index (κ2) is 8.15. The van der Waals surface area contributed by atoms with Gasteiger partial charge in [0.15, 0.2) is 0 Å². The zero-order valence-corrected chi connectivity index (χ0v) is 12.0.